The number of fused-ring (bicyclic) bond motifs is 1. The zero-order valence-electron chi connectivity index (χ0n) is 16.4. The average Bonchev–Trinajstić information content (AvgIpc) is 3.42. The Hall–Kier alpha value is -2.60. The highest BCUT2D eigenvalue weighted by atomic mass is 32.1. The molecule has 0 bridgehead atoms. The number of ether oxygens (including phenoxy) is 2. The number of hydrogen-bond donors (Lipinski definition) is 1. The van der Waals surface area contributed by atoms with Crippen LogP contribution in [-0.4, -0.2) is 61.6 Å². The van der Waals surface area contributed by atoms with Crippen LogP contribution in [0.5, 0.6) is 5.88 Å². The molecule has 11 heteroatoms. The zero-order valence-corrected chi connectivity index (χ0v) is 17.2. The van der Waals surface area contributed by atoms with Crippen LogP contribution in [0.25, 0.3) is 4.96 Å². The number of rotatable bonds is 4. The molecule has 2 aliphatic rings. The van der Waals surface area contributed by atoms with Gasteiger partial charge in [0.25, 0.3) is 5.69 Å². The molecule has 4 heterocycles. The summed E-state index contributed by atoms with van der Waals surface area (Å²) in [4.78, 5) is 18.6. The number of non-ortho nitro benzene ring substituents is 1. The van der Waals surface area contributed by atoms with Crippen LogP contribution in [0, 0.1) is 17.0 Å². The van der Waals surface area contributed by atoms with Crippen molar-refractivity contribution in [1.29, 1.82) is 0 Å². The van der Waals surface area contributed by atoms with E-state index < -0.39 is 10.7 Å². The Morgan fingerprint density at radius 3 is 2.50 bits per heavy atom. The van der Waals surface area contributed by atoms with Gasteiger partial charge in [0.15, 0.2) is 5.79 Å². The fourth-order valence-corrected chi connectivity index (χ4v) is 5.40. The first-order chi connectivity index (χ1) is 14.5. The second-order valence-corrected chi connectivity index (χ2v) is 8.55. The maximum atomic E-state index is 11.1. The maximum absolute atomic E-state index is 11.1. The molecule has 0 saturated carbocycles. The van der Waals surface area contributed by atoms with Crippen molar-refractivity contribution >= 4 is 22.0 Å². The average molecular weight is 431 g/mol. The van der Waals surface area contributed by atoms with Crippen molar-refractivity contribution in [2.24, 2.45) is 0 Å². The number of nitrogens with zero attached hydrogens (tertiary/aromatic N) is 5. The summed E-state index contributed by atoms with van der Waals surface area (Å²) in [5.74, 6) is 0.124. The van der Waals surface area contributed by atoms with Crippen molar-refractivity contribution < 1.29 is 19.5 Å². The Morgan fingerprint density at radius 1 is 1.23 bits per heavy atom. The Kier molecular flexibility index (Phi) is 4.69. The number of aryl methyl sites for hydroxylation is 1. The van der Waals surface area contributed by atoms with E-state index in [0.717, 1.165) is 18.4 Å². The molecule has 10 nitrogen and oxygen atoms in total. The quantitative estimate of drug-likeness (QED) is 0.495. The fraction of sp³-hybridized carbons (Fsp3) is 0.474. The molecular formula is C19H21N5O5S. The molecule has 158 valence electrons. The largest absolute Gasteiger partial charge is 0.492 e. The minimum Gasteiger partial charge on any atom is -0.492 e. The number of aromatic hydroxyl groups is 1. The van der Waals surface area contributed by atoms with Crippen molar-refractivity contribution in [1.82, 2.24) is 19.5 Å². The van der Waals surface area contributed by atoms with Crippen LogP contribution in [0.4, 0.5) is 5.69 Å². The van der Waals surface area contributed by atoms with Crippen LogP contribution in [0.2, 0.25) is 0 Å². The summed E-state index contributed by atoms with van der Waals surface area (Å²) in [6.07, 6.45) is 1.44. The van der Waals surface area contributed by atoms with Gasteiger partial charge in [-0.1, -0.05) is 23.5 Å². The molecule has 0 radical (unpaired) electrons. The molecule has 0 amide bonds. The van der Waals surface area contributed by atoms with Crippen LogP contribution in [0.15, 0.2) is 24.3 Å². The monoisotopic (exact) mass is 431 g/mol. The van der Waals surface area contributed by atoms with Gasteiger partial charge in [0.2, 0.25) is 10.8 Å². The number of nitro benzene ring substituents is 1. The van der Waals surface area contributed by atoms with Gasteiger partial charge in [0, 0.05) is 38.1 Å². The molecule has 1 N–H and O–H groups in total. The normalized spacial score (nSPS) is 20.2. The van der Waals surface area contributed by atoms with Gasteiger partial charge in [-0.3, -0.25) is 15.0 Å². The number of benzene rings is 1. The summed E-state index contributed by atoms with van der Waals surface area (Å²) in [5.41, 5.74) is 0.895. The lowest BCUT2D eigenvalue weighted by molar-refractivity contribution is -0.384. The maximum Gasteiger partial charge on any atom is 0.269 e. The summed E-state index contributed by atoms with van der Waals surface area (Å²) in [5, 5.41) is 26.2. The van der Waals surface area contributed by atoms with Crippen LogP contribution in [0.1, 0.15) is 35.1 Å². The first-order valence-electron chi connectivity index (χ1n) is 9.77. The summed E-state index contributed by atoms with van der Waals surface area (Å²) < 4.78 is 13.1. The lowest BCUT2D eigenvalue weighted by atomic mass is 9.97. The summed E-state index contributed by atoms with van der Waals surface area (Å²) in [6, 6.07) is 6.20. The van der Waals surface area contributed by atoms with Gasteiger partial charge in [-0.05, 0) is 12.5 Å². The lowest BCUT2D eigenvalue weighted by Crippen LogP contribution is -2.46. The Labute approximate surface area is 175 Å². The molecule has 30 heavy (non-hydrogen) atoms. The molecule has 0 aliphatic carbocycles. The van der Waals surface area contributed by atoms with Gasteiger partial charge in [-0.25, -0.2) is 4.98 Å². The molecule has 2 fully saturated rings. The smallest absolute Gasteiger partial charge is 0.269 e. The molecule has 3 aromatic rings. The third-order valence-electron chi connectivity index (χ3n) is 5.71. The van der Waals surface area contributed by atoms with Gasteiger partial charge in [0.1, 0.15) is 5.82 Å². The number of aromatic nitrogens is 3. The minimum absolute atomic E-state index is 0.0327. The number of piperidine rings is 1. The molecule has 2 saturated heterocycles. The van der Waals surface area contributed by atoms with Crippen LogP contribution in [-0.2, 0) is 9.47 Å². The predicted molar refractivity (Wildman–Crippen MR) is 108 cm³/mol. The Bertz CT molecular complexity index is 1080. The standard InChI is InChI=1S/C19H21N5O5S/c1-12-20-18-23(21-12)17(25)16(30-18)15(13-2-4-14(5-3-13)24(26)27)22-8-6-19(7-9-22)28-10-11-29-19/h2-5,15,25H,6-11H2,1H3. The summed E-state index contributed by atoms with van der Waals surface area (Å²) in [6.45, 7) is 4.40. The van der Waals surface area contributed by atoms with Crippen molar-refractivity contribution in [2.75, 3.05) is 26.3 Å². The molecule has 1 unspecified atom stereocenters. The van der Waals surface area contributed by atoms with Crippen molar-refractivity contribution in [3.05, 3.63) is 50.6 Å². The van der Waals surface area contributed by atoms with Gasteiger partial charge < -0.3 is 14.6 Å². The first kappa shape index (κ1) is 19.4. The van der Waals surface area contributed by atoms with Gasteiger partial charge >= 0.3 is 0 Å². The van der Waals surface area contributed by atoms with E-state index in [2.05, 4.69) is 15.0 Å². The third kappa shape index (κ3) is 3.23. The highest BCUT2D eigenvalue weighted by Crippen LogP contribution is 2.43. The van der Waals surface area contributed by atoms with Crippen molar-refractivity contribution in [3.8, 4) is 5.88 Å². The van der Waals surface area contributed by atoms with Crippen LogP contribution in [0.3, 0.4) is 0 Å². The predicted octanol–water partition coefficient (Wildman–Crippen LogP) is 2.64. The number of thiazole rings is 1. The molecule has 5 rings (SSSR count). The number of nitro groups is 1. The van der Waals surface area contributed by atoms with Gasteiger partial charge in [-0.15, -0.1) is 5.10 Å². The number of hydrogen-bond acceptors (Lipinski definition) is 9. The van der Waals surface area contributed by atoms with E-state index in [1.165, 1.54) is 28.0 Å². The van der Waals surface area contributed by atoms with Crippen LogP contribution >= 0.6 is 11.3 Å². The molecule has 2 aromatic heterocycles. The van der Waals surface area contributed by atoms with Crippen molar-refractivity contribution in [2.45, 2.75) is 31.6 Å². The van der Waals surface area contributed by atoms with E-state index in [1.807, 2.05) is 0 Å². The summed E-state index contributed by atoms with van der Waals surface area (Å²) in [7, 11) is 0. The molecular weight excluding hydrogens is 410 g/mol. The van der Waals surface area contributed by atoms with Crippen molar-refractivity contribution in [3.63, 3.8) is 0 Å². The first-order valence-corrected chi connectivity index (χ1v) is 10.6. The van der Waals surface area contributed by atoms with E-state index in [4.69, 9.17) is 9.47 Å². The van der Waals surface area contributed by atoms with E-state index >= 15 is 0 Å². The van der Waals surface area contributed by atoms with E-state index in [1.54, 1.807) is 19.1 Å². The highest BCUT2D eigenvalue weighted by Gasteiger charge is 2.42. The number of likely N-dealkylation sites (tertiary alicyclic amines) is 1. The van der Waals surface area contributed by atoms with Crippen LogP contribution < -0.4 is 0 Å². The molecule has 1 atom stereocenters. The van der Waals surface area contributed by atoms with E-state index in [-0.39, 0.29) is 17.6 Å². The SMILES string of the molecule is Cc1nc2sc(C(c3ccc([N+](=O)[O-])cc3)N3CCC4(CC3)OCCO4)c(O)n2n1. The van der Waals surface area contributed by atoms with Gasteiger partial charge in [-0.2, -0.15) is 4.52 Å². The zero-order chi connectivity index (χ0) is 20.9. The molecule has 2 aliphatic heterocycles. The molecule has 1 aromatic carbocycles. The lowest BCUT2D eigenvalue weighted by Gasteiger charge is -2.41. The highest BCUT2D eigenvalue weighted by molar-refractivity contribution is 7.17. The topological polar surface area (TPSA) is 115 Å². The van der Waals surface area contributed by atoms with E-state index in [0.29, 0.717) is 42.0 Å². The molecule has 1 spiro atoms. The minimum atomic E-state index is -0.513. The summed E-state index contributed by atoms with van der Waals surface area (Å²) >= 11 is 1.38. The van der Waals surface area contributed by atoms with E-state index in [9.17, 15) is 15.2 Å². The fourth-order valence-electron chi connectivity index (χ4n) is 4.24. The Morgan fingerprint density at radius 2 is 1.90 bits per heavy atom. The second kappa shape index (κ2) is 7.27. The van der Waals surface area contributed by atoms with Gasteiger partial charge in [0.05, 0.1) is 29.1 Å². The Balaban J connectivity index is 1.52. The third-order valence-corrected chi connectivity index (χ3v) is 6.78. The second-order valence-electron chi connectivity index (χ2n) is 7.54.